The highest BCUT2D eigenvalue weighted by molar-refractivity contribution is 5.70. The summed E-state index contributed by atoms with van der Waals surface area (Å²) in [6.07, 6.45) is 78.5. The molecule has 1 unspecified atom stereocenters. The summed E-state index contributed by atoms with van der Waals surface area (Å²) in [6, 6.07) is 0. The van der Waals surface area contributed by atoms with Gasteiger partial charge in [0.1, 0.15) is 6.61 Å². The number of esters is 2. The fraction of sp³-hybridized carbons (Fsp3) is 0.714. The van der Waals surface area contributed by atoms with Gasteiger partial charge in [0.05, 0.1) is 6.61 Å². The molecular weight excluding hydrogens is 837 g/mol. The van der Waals surface area contributed by atoms with E-state index in [1.807, 2.05) is 0 Å². The first kappa shape index (κ1) is 64.8. The van der Waals surface area contributed by atoms with Crippen LogP contribution in [-0.2, 0) is 23.8 Å². The summed E-state index contributed by atoms with van der Waals surface area (Å²) in [4.78, 5) is 25.5. The van der Waals surface area contributed by atoms with E-state index in [2.05, 4.69) is 118 Å². The fourth-order valence-electron chi connectivity index (χ4n) is 7.74. The lowest BCUT2D eigenvalue weighted by Crippen LogP contribution is -2.30. The van der Waals surface area contributed by atoms with Crippen molar-refractivity contribution >= 4 is 11.9 Å². The lowest BCUT2D eigenvalue weighted by molar-refractivity contribution is -0.163. The molecule has 0 spiro atoms. The molecule has 0 radical (unpaired) electrons. The molecule has 390 valence electrons. The third-order valence-electron chi connectivity index (χ3n) is 12.0. The fourth-order valence-corrected chi connectivity index (χ4v) is 7.74. The average Bonchev–Trinajstić information content (AvgIpc) is 3.34. The molecule has 1 atom stereocenters. The zero-order valence-corrected chi connectivity index (χ0v) is 44.8. The van der Waals surface area contributed by atoms with E-state index in [4.69, 9.17) is 14.2 Å². The number of hydrogen-bond donors (Lipinski definition) is 0. The lowest BCUT2D eigenvalue weighted by atomic mass is 10.1. The van der Waals surface area contributed by atoms with Crippen molar-refractivity contribution in [1.82, 2.24) is 0 Å². The quantitative estimate of drug-likeness (QED) is 0.0345. The Kier molecular flexibility index (Phi) is 55.4. The number of rotatable bonds is 52. The second-order valence-electron chi connectivity index (χ2n) is 18.8. The monoisotopic (exact) mass is 945 g/mol. The largest absolute Gasteiger partial charge is 0.462 e. The lowest BCUT2D eigenvalue weighted by Gasteiger charge is -2.18. The van der Waals surface area contributed by atoms with Gasteiger partial charge in [-0.2, -0.15) is 0 Å². The van der Waals surface area contributed by atoms with Crippen LogP contribution in [0, 0.1) is 0 Å². The van der Waals surface area contributed by atoms with Gasteiger partial charge in [-0.05, 0) is 122 Å². The Bertz CT molecular complexity index is 1300. The molecule has 68 heavy (non-hydrogen) atoms. The first-order valence-electron chi connectivity index (χ1n) is 28.8. The van der Waals surface area contributed by atoms with Gasteiger partial charge in [0.15, 0.2) is 6.10 Å². The Morgan fingerprint density at radius 2 is 0.647 bits per heavy atom. The summed E-state index contributed by atoms with van der Waals surface area (Å²) in [5.74, 6) is -0.433. The van der Waals surface area contributed by atoms with Crippen molar-refractivity contribution in [2.45, 2.75) is 271 Å². The van der Waals surface area contributed by atoms with Crippen LogP contribution in [0.1, 0.15) is 265 Å². The van der Waals surface area contributed by atoms with Gasteiger partial charge in [-0.25, -0.2) is 0 Å². The van der Waals surface area contributed by atoms with Crippen LogP contribution in [0.3, 0.4) is 0 Å². The summed E-state index contributed by atoms with van der Waals surface area (Å²) in [7, 11) is 0. The molecule has 5 heteroatoms. The van der Waals surface area contributed by atoms with Crippen LogP contribution >= 0.6 is 0 Å². The van der Waals surface area contributed by atoms with Gasteiger partial charge >= 0.3 is 11.9 Å². The summed E-state index contributed by atoms with van der Waals surface area (Å²) in [5.41, 5.74) is 0. The molecule has 0 aliphatic carbocycles. The maximum atomic E-state index is 12.8. The van der Waals surface area contributed by atoms with E-state index >= 15 is 0 Å². The van der Waals surface area contributed by atoms with Crippen molar-refractivity contribution < 1.29 is 23.8 Å². The van der Waals surface area contributed by atoms with E-state index in [-0.39, 0.29) is 25.2 Å². The van der Waals surface area contributed by atoms with Crippen LogP contribution in [0.2, 0.25) is 0 Å². The van der Waals surface area contributed by atoms with Crippen LogP contribution in [0.5, 0.6) is 0 Å². The highest BCUT2D eigenvalue weighted by atomic mass is 16.6. The Labute approximate surface area is 422 Å². The van der Waals surface area contributed by atoms with Crippen molar-refractivity contribution in [1.29, 1.82) is 0 Å². The van der Waals surface area contributed by atoms with Crippen LogP contribution in [0.15, 0.2) is 97.2 Å². The van der Waals surface area contributed by atoms with E-state index in [9.17, 15) is 9.59 Å². The molecule has 0 rings (SSSR count). The van der Waals surface area contributed by atoms with Gasteiger partial charge in [-0.1, -0.05) is 227 Å². The van der Waals surface area contributed by atoms with Gasteiger partial charge < -0.3 is 14.2 Å². The summed E-state index contributed by atoms with van der Waals surface area (Å²) >= 11 is 0. The summed E-state index contributed by atoms with van der Waals surface area (Å²) < 4.78 is 17.4. The number of ether oxygens (including phenoxy) is 3. The van der Waals surface area contributed by atoms with Crippen LogP contribution in [0.4, 0.5) is 0 Å². The molecule has 0 bridgehead atoms. The highest BCUT2D eigenvalue weighted by Crippen LogP contribution is 2.14. The first-order chi connectivity index (χ1) is 33.6. The predicted octanol–water partition coefficient (Wildman–Crippen LogP) is 19.8. The van der Waals surface area contributed by atoms with Crippen molar-refractivity contribution in [3.63, 3.8) is 0 Å². The van der Waals surface area contributed by atoms with Gasteiger partial charge in [0, 0.05) is 19.4 Å². The topological polar surface area (TPSA) is 61.8 Å². The maximum Gasteiger partial charge on any atom is 0.306 e. The minimum atomic E-state index is -0.560. The number of allylic oxidation sites excluding steroid dienone is 16. The summed E-state index contributed by atoms with van der Waals surface area (Å²) in [5, 5.41) is 0. The first-order valence-corrected chi connectivity index (χ1v) is 28.8. The molecule has 0 aliphatic rings. The van der Waals surface area contributed by atoms with Gasteiger partial charge in [-0.15, -0.1) is 0 Å². The molecule has 0 fully saturated rings. The Morgan fingerprint density at radius 1 is 0.324 bits per heavy atom. The van der Waals surface area contributed by atoms with Gasteiger partial charge in [-0.3, -0.25) is 9.59 Å². The minimum absolute atomic E-state index is 0.0642. The Balaban J connectivity index is 4.32. The normalized spacial score (nSPS) is 12.9. The average molecular weight is 946 g/mol. The summed E-state index contributed by atoms with van der Waals surface area (Å²) in [6.45, 7) is 7.67. The number of carbonyl (C=O) groups is 2. The Morgan fingerprint density at radius 3 is 1.04 bits per heavy atom. The Hall–Kier alpha value is -3.18. The van der Waals surface area contributed by atoms with Crippen molar-refractivity contribution in [2.24, 2.45) is 0 Å². The van der Waals surface area contributed by atoms with E-state index in [1.54, 1.807) is 0 Å². The standard InChI is InChI=1S/C63H108O5/c1-4-7-10-13-16-19-22-25-27-29-31-33-35-37-40-43-46-49-52-55-58-66-59-61(68-63(65)57-54-51-48-45-42-38-24-21-18-15-12-9-6-3)60-67-62(64)56-53-50-47-44-41-39-36-34-32-30-28-26-23-20-17-14-11-8-5-2/h12,15-17,19-21,24-28,31-34,61H,4-11,13-14,18,22-23,29-30,35-60H2,1-3H3/b15-12-,19-16-,20-17-,24-21-,27-25-,28-26-,33-31-,34-32-. The highest BCUT2D eigenvalue weighted by Gasteiger charge is 2.17. The van der Waals surface area contributed by atoms with Gasteiger partial charge in [0.2, 0.25) is 0 Å². The molecule has 0 aromatic rings. The molecule has 0 N–H and O–H groups in total. The molecule has 0 saturated heterocycles. The second kappa shape index (κ2) is 58.1. The molecule has 0 aliphatic heterocycles. The second-order valence-corrected chi connectivity index (χ2v) is 18.8. The molecule has 0 heterocycles. The molecule has 5 nitrogen and oxygen atoms in total. The van der Waals surface area contributed by atoms with E-state index in [0.717, 1.165) is 103 Å². The molecule has 0 aromatic heterocycles. The van der Waals surface area contributed by atoms with Crippen molar-refractivity contribution in [2.75, 3.05) is 19.8 Å². The van der Waals surface area contributed by atoms with Gasteiger partial charge in [0.25, 0.3) is 0 Å². The van der Waals surface area contributed by atoms with E-state index in [1.165, 1.54) is 128 Å². The zero-order chi connectivity index (χ0) is 49.2. The molecule has 0 aromatic carbocycles. The predicted molar refractivity (Wildman–Crippen MR) is 297 cm³/mol. The zero-order valence-electron chi connectivity index (χ0n) is 44.8. The number of hydrogen-bond acceptors (Lipinski definition) is 5. The van der Waals surface area contributed by atoms with Crippen molar-refractivity contribution in [3.05, 3.63) is 97.2 Å². The third kappa shape index (κ3) is 55.4. The number of carbonyl (C=O) groups excluding carboxylic acids is 2. The smallest absolute Gasteiger partial charge is 0.306 e. The molecule has 0 amide bonds. The van der Waals surface area contributed by atoms with Crippen molar-refractivity contribution in [3.8, 4) is 0 Å². The number of unbranched alkanes of at least 4 members (excludes halogenated alkanes) is 25. The van der Waals surface area contributed by atoms with Crippen LogP contribution < -0.4 is 0 Å². The molecule has 0 saturated carbocycles. The van der Waals surface area contributed by atoms with E-state index in [0.29, 0.717) is 19.4 Å². The SMILES string of the molecule is CCC/C=C\C/C=C\CCCCCCCC(=O)OC(COCCCCCCCCC/C=C\C/C=C\C/C=C\CCCCC)COC(=O)CCCCCCCC/C=C\C/C=C\C/C=C\CCCCC. The third-order valence-corrected chi connectivity index (χ3v) is 12.0. The minimum Gasteiger partial charge on any atom is -0.462 e. The maximum absolute atomic E-state index is 12.8. The van der Waals surface area contributed by atoms with Crippen LogP contribution in [0.25, 0.3) is 0 Å². The van der Waals surface area contributed by atoms with Crippen LogP contribution in [-0.4, -0.2) is 37.9 Å². The molecular formula is C63H108O5. The van der Waals surface area contributed by atoms with E-state index < -0.39 is 6.10 Å².